The van der Waals surface area contributed by atoms with E-state index in [2.05, 4.69) is 5.32 Å². The summed E-state index contributed by atoms with van der Waals surface area (Å²) in [5.74, 6) is -0.216. The molecule has 0 unspecified atom stereocenters. The van der Waals surface area contributed by atoms with E-state index in [1.807, 2.05) is 50.2 Å². The Labute approximate surface area is 179 Å². The fraction of sp³-hybridized carbons (Fsp3) is 0.227. The van der Waals surface area contributed by atoms with Gasteiger partial charge in [-0.3, -0.25) is 19.3 Å². The van der Waals surface area contributed by atoms with Gasteiger partial charge < -0.3 is 15.0 Å². The van der Waals surface area contributed by atoms with Crippen LogP contribution in [0.25, 0.3) is 6.08 Å². The third-order valence-electron chi connectivity index (χ3n) is 4.33. The number of nitrogens with zero attached hydrogens (tertiary/aromatic N) is 2. The van der Waals surface area contributed by atoms with Gasteiger partial charge in [0, 0.05) is 25.5 Å². The Hall–Kier alpha value is -3.26. The number of ether oxygens (including phenoxy) is 1. The highest BCUT2D eigenvalue weighted by atomic mass is 32.2. The second-order valence-electron chi connectivity index (χ2n) is 6.76. The molecule has 7 nitrogen and oxygen atoms in total. The van der Waals surface area contributed by atoms with Gasteiger partial charge in [0.25, 0.3) is 11.1 Å². The molecular formula is C22H23N3O4S. The SMILES string of the molecule is CCOc1ccc(NC(=O)CN2C(=O)S/C(=C/c3ccc(N(C)C)cc3)C2=O)cc1. The number of nitrogens with one attached hydrogen (secondary N) is 1. The number of carbonyl (C=O) groups is 3. The summed E-state index contributed by atoms with van der Waals surface area (Å²) in [6.07, 6.45) is 1.66. The third-order valence-corrected chi connectivity index (χ3v) is 5.24. The Morgan fingerprint density at radius 1 is 1.10 bits per heavy atom. The molecule has 1 heterocycles. The van der Waals surface area contributed by atoms with E-state index in [4.69, 9.17) is 4.74 Å². The van der Waals surface area contributed by atoms with Gasteiger partial charge in [-0.15, -0.1) is 0 Å². The molecule has 0 aromatic heterocycles. The van der Waals surface area contributed by atoms with Crippen LogP contribution in [0.3, 0.4) is 0 Å². The summed E-state index contributed by atoms with van der Waals surface area (Å²) in [5, 5.41) is 2.23. The molecule has 2 aromatic carbocycles. The molecule has 0 spiro atoms. The van der Waals surface area contributed by atoms with Gasteiger partial charge in [0.05, 0.1) is 11.5 Å². The van der Waals surface area contributed by atoms with E-state index in [0.717, 1.165) is 27.9 Å². The van der Waals surface area contributed by atoms with E-state index in [1.165, 1.54) is 0 Å². The highest BCUT2D eigenvalue weighted by Gasteiger charge is 2.36. The Kier molecular flexibility index (Phi) is 6.79. The molecule has 0 saturated carbocycles. The number of carbonyl (C=O) groups excluding carboxylic acids is 3. The van der Waals surface area contributed by atoms with Crippen molar-refractivity contribution in [1.82, 2.24) is 4.90 Å². The molecular weight excluding hydrogens is 402 g/mol. The fourth-order valence-electron chi connectivity index (χ4n) is 2.80. The van der Waals surface area contributed by atoms with Crippen molar-refractivity contribution in [3.63, 3.8) is 0 Å². The summed E-state index contributed by atoms with van der Waals surface area (Å²) in [4.78, 5) is 40.4. The van der Waals surface area contributed by atoms with E-state index in [9.17, 15) is 14.4 Å². The van der Waals surface area contributed by atoms with Gasteiger partial charge in [0.2, 0.25) is 5.91 Å². The zero-order chi connectivity index (χ0) is 21.7. The lowest BCUT2D eigenvalue weighted by atomic mass is 10.2. The van der Waals surface area contributed by atoms with Crippen molar-refractivity contribution in [2.75, 3.05) is 37.5 Å². The van der Waals surface area contributed by atoms with Crippen LogP contribution >= 0.6 is 11.8 Å². The van der Waals surface area contributed by atoms with Crippen LogP contribution < -0.4 is 15.0 Å². The summed E-state index contributed by atoms with van der Waals surface area (Å²) in [6, 6.07) is 14.5. The Morgan fingerprint density at radius 3 is 2.37 bits per heavy atom. The lowest BCUT2D eigenvalue weighted by Crippen LogP contribution is -2.36. The topological polar surface area (TPSA) is 79.0 Å². The van der Waals surface area contributed by atoms with Gasteiger partial charge in [-0.25, -0.2) is 0 Å². The molecule has 30 heavy (non-hydrogen) atoms. The fourth-order valence-corrected chi connectivity index (χ4v) is 3.64. The molecule has 0 atom stereocenters. The van der Waals surface area contributed by atoms with Crippen LogP contribution in [0.1, 0.15) is 12.5 Å². The molecule has 3 amide bonds. The molecule has 0 radical (unpaired) electrons. The summed E-state index contributed by atoms with van der Waals surface area (Å²) < 4.78 is 5.36. The monoisotopic (exact) mass is 425 g/mol. The van der Waals surface area contributed by atoms with Crippen LogP contribution in [-0.2, 0) is 9.59 Å². The van der Waals surface area contributed by atoms with Crippen LogP contribution in [-0.4, -0.2) is 49.2 Å². The molecule has 1 N–H and O–H groups in total. The largest absolute Gasteiger partial charge is 0.494 e. The zero-order valence-corrected chi connectivity index (χ0v) is 17.9. The van der Waals surface area contributed by atoms with Crippen LogP contribution in [0.5, 0.6) is 5.75 Å². The predicted octanol–water partition coefficient (Wildman–Crippen LogP) is 3.83. The molecule has 2 aromatic rings. The molecule has 1 aliphatic heterocycles. The Balaban J connectivity index is 1.63. The average molecular weight is 426 g/mol. The van der Waals surface area contributed by atoms with Gasteiger partial charge in [0.15, 0.2) is 0 Å². The number of amides is 3. The summed E-state index contributed by atoms with van der Waals surface area (Å²) >= 11 is 0.834. The molecule has 1 saturated heterocycles. The number of rotatable bonds is 7. The van der Waals surface area contributed by atoms with E-state index in [-0.39, 0.29) is 6.54 Å². The molecule has 1 aliphatic rings. The standard InChI is InChI=1S/C22H23N3O4S/c1-4-29-18-11-7-16(8-12-18)23-20(26)14-25-21(27)19(30-22(25)28)13-15-5-9-17(10-6-15)24(2)3/h5-13H,4,14H2,1-3H3,(H,23,26)/b19-13+. The number of hydrogen-bond acceptors (Lipinski definition) is 6. The number of hydrogen-bond donors (Lipinski definition) is 1. The highest BCUT2D eigenvalue weighted by Crippen LogP contribution is 2.32. The summed E-state index contributed by atoms with van der Waals surface area (Å²) in [7, 11) is 3.89. The Morgan fingerprint density at radius 2 is 1.77 bits per heavy atom. The highest BCUT2D eigenvalue weighted by molar-refractivity contribution is 8.18. The first-order valence-corrected chi connectivity index (χ1v) is 10.2. The molecule has 156 valence electrons. The number of imide groups is 1. The minimum atomic E-state index is -0.469. The van der Waals surface area contributed by atoms with Gasteiger partial charge in [-0.2, -0.15) is 0 Å². The number of anilines is 2. The quantitative estimate of drug-likeness (QED) is 0.680. The minimum absolute atomic E-state index is 0.298. The van der Waals surface area contributed by atoms with Crippen molar-refractivity contribution in [3.8, 4) is 5.75 Å². The van der Waals surface area contributed by atoms with E-state index in [1.54, 1.807) is 30.3 Å². The smallest absolute Gasteiger partial charge is 0.294 e. The zero-order valence-electron chi connectivity index (χ0n) is 17.0. The second-order valence-corrected chi connectivity index (χ2v) is 7.75. The van der Waals surface area contributed by atoms with E-state index >= 15 is 0 Å². The maximum Gasteiger partial charge on any atom is 0.294 e. The maximum atomic E-state index is 12.6. The predicted molar refractivity (Wildman–Crippen MR) is 120 cm³/mol. The second kappa shape index (κ2) is 9.49. The van der Waals surface area contributed by atoms with Crippen LogP contribution in [0.15, 0.2) is 53.4 Å². The van der Waals surface area contributed by atoms with Crippen molar-refractivity contribution in [2.24, 2.45) is 0 Å². The van der Waals surface area contributed by atoms with E-state index in [0.29, 0.717) is 22.9 Å². The molecule has 0 bridgehead atoms. The lowest BCUT2D eigenvalue weighted by Gasteiger charge is -2.13. The average Bonchev–Trinajstić information content (AvgIpc) is 2.97. The lowest BCUT2D eigenvalue weighted by molar-refractivity contribution is -0.127. The molecule has 1 fully saturated rings. The normalized spacial score (nSPS) is 14.9. The van der Waals surface area contributed by atoms with Crippen LogP contribution in [0, 0.1) is 0 Å². The molecule has 0 aliphatic carbocycles. The first-order chi connectivity index (χ1) is 14.4. The molecule has 3 rings (SSSR count). The summed E-state index contributed by atoms with van der Waals surface area (Å²) in [6.45, 7) is 2.10. The maximum absolute atomic E-state index is 12.6. The van der Waals surface area contributed by atoms with Crippen LogP contribution in [0.2, 0.25) is 0 Å². The van der Waals surface area contributed by atoms with Gasteiger partial charge in [-0.1, -0.05) is 12.1 Å². The van der Waals surface area contributed by atoms with Crippen molar-refractivity contribution in [3.05, 3.63) is 59.0 Å². The number of benzene rings is 2. The van der Waals surface area contributed by atoms with Crippen molar-refractivity contribution < 1.29 is 19.1 Å². The number of thioether (sulfide) groups is 1. The van der Waals surface area contributed by atoms with E-state index < -0.39 is 17.1 Å². The van der Waals surface area contributed by atoms with Crippen molar-refractivity contribution >= 4 is 46.3 Å². The van der Waals surface area contributed by atoms with Gasteiger partial charge in [-0.05, 0) is 66.7 Å². The Bertz CT molecular complexity index is 969. The van der Waals surface area contributed by atoms with Crippen LogP contribution in [0.4, 0.5) is 16.2 Å². The van der Waals surface area contributed by atoms with Gasteiger partial charge >= 0.3 is 0 Å². The van der Waals surface area contributed by atoms with Crippen molar-refractivity contribution in [1.29, 1.82) is 0 Å². The summed E-state index contributed by atoms with van der Waals surface area (Å²) in [5.41, 5.74) is 2.41. The van der Waals surface area contributed by atoms with Gasteiger partial charge in [0.1, 0.15) is 12.3 Å². The minimum Gasteiger partial charge on any atom is -0.494 e. The first kappa shape index (κ1) is 21.4. The first-order valence-electron chi connectivity index (χ1n) is 9.43. The van der Waals surface area contributed by atoms with Crippen molar-refractivity contribution in [2.45, 2.75) is 6.92 Å². The molecule has 8 heteroatoms. The third kappa shape index (κ3) is 5.21.